The van der Waals surface area contributed by atoms with E-state index in [0.717, 1.165) is 26.4 Å². The molecule has 0 aliphatic heterocycles. The van der Waals surface area contributed by atoms with Crippen molar-refractivity contribution in [1.29, 1.82) is 0 Å². The van der Waals surface area contributed by atoms with Crippen LogP contribution in [0.1, 0.15) is 5.89 Å². The topological polar surface area (TPSA) is 69.6 Å². The minimum absolute atomic E-state index is 0.522. The van der Waals surface area contributed by atoms with E-state index in [1.807, 2.05) is 65.4 Å². The van der Waals surface area contributed by atoms with Crippen molar-refractivity contribution < 1.29 is 4.52 Å². The summed E-state index contributed by atoms with van der Waals surface area (Å²) in [5.74, 6) is 2.53. The molecule has 0 N–H and O–H groups in total. The summed E-state index contributed by atoms with van der Waals surface area (Å²) in [6.45, 7) is 0. The van der Waals surface area contributed by atoms with Crippen LogP contribution in [0.15, 0.2) is 75.0 Å². The maximum atomic E-state index is 5.40. The van der Waals surface area contributed by atoms with E-state index in [1.54, 1.807) is 22.7 Å². The number of thioether (sulfide) groups is 1. The number of thiophene rings is 2. The summed E-state index contributed by atoms with van der Waals surface area (Å²) >= 11 is 4.76. The molecule has 0 amide bonds. The molecule has 0 saturated heterocycles. The van der Waals surface area contributed by atoms with Gasteiger partial charge in [-0.1, -0.05) is 47.3 Å². The maximum absolute atomic E-state index is 5.40. The monoisotopic (exact) mass is 423 g/mol. The third-order valence-corrected chi connectivity index (χ3v) is 6.57. The zero-order valence-electron chi connectivity index (χ0n) is 14.4. The van der Waals surface area contributed by atoms with Crippen LogP contribution >= 0.6 is 34.4 Å². The Morgan fingerprint density at radius 2 is 1.68 bits per heavy atom. The van der Waals surface area contributed by atoms with Gasteiger partial charge in [0.15, 0.2) is 11.0 Å². The molecule has 28 heavy (non-hydrogen) atoms. The summed E-state index contributed by atoms with van der Waals surface area (Å²) in [6, 6.07) is 18.1. The van der Waals surface area contributed by atoms with Crippen LogP contribution < -0.4 is 0 Å². The van der Waals surface area contributed by atoms with E-state index in [0.29, 0.717) is 17.5 Å². The van der Waals surface area contributed by atoms with Gasteiger partial charge in [-0.3, -0.25) is 4.57 Å². The smallest absolute Gasteiger partial charge is 0.237 e. The first-order valence-electron chi connectivity index (χ1n) is 8.42. The number of benzene rings is 1. The van der Waals surface area contributed by atoms with E-state index >= 15 is 0 Å². The van der Waals surface area contributed by atoms with E-state index < -0.39 is 0 Å². The van der Waals surface area contributed by atoms with Gasteiger partial charge in [0.25, 0.3) is 0 Å². The predicted molar refractivity (Wildman–Crippen MR) is 112 cm³/mol. The molecule has 0 radical (unpaired) electrons. The molecule has 5 rings (SSSR count). The van der Waals surface area contributed by atoms with E-state index in [9.17, 15) is 0 Å². The van der Waals surface area contributed by atoms with Crippen LogP contribution in [0.3, 0.4) is 0 Å². The second kappa shape index (κ2) is 7.70. The first-order valence-corrected chi connectivity index (χ1v) is 11.2. The molecule has 138 valence electrons. The Morgan fingerprint density at radius 1 is 0.893 bits per heavy atom. The molecule has 0 bridgehead atoms. The molecule has 6 nitrogen and oxygen atoms in total. The van der Waals surface area contributed by atoms with Crippen LogP contribution in [-0.2, 0) is 5.75 Å². The van der Waals surface area contributed by atoms with Gasteiger partial charge >= 0.3 is 0 Å². The van der Waals surface area contributed by atoms with Crippen LogP contribution in [0.25, 0.3) is 27.1 Å². The van der Waals surface area contributed by atoms with Crippen molar-refractivity contribution in [2.24, 2.45) is 0 Å². The lowest BCUT2D eigenvalue weighted by molar-refractivity contribution is 0.391. The zero-order chi connectivity index (χ0) is 18.8. The number of nitrogens with zero attached hydrogens (tertiary/aromatic N) is 5. The Hall–Kier alpha value is -2.75. The SMILES string of the molecule is c1ccc(-n2c(SCc3nc(-c4cccs4)no3)nnc2-c2cccs2)cc1. The summed E-state index contributed by atoms with van der Waals surface area (Å²) < 4.78 is 7.47. The lowest BCUT2D eigenvalue weighted by Gasteiger charge is -2.08. The van der Waals surface area contributed by atoms with Crippen molar-refractivity contribution in [1.82, 2.24) is 24.9 Å². The molecule has 0 saturated carbocycles. The van der Waals surface area contributed by atoms with Crippen LogP contribution in [0.5, 0.6) is 0 Å². The molecule has 0 unspecified atom stereocenters. The fourth-order valence-corrected chi connectivity index (χ4v) is 4.82. The van der Waals surface area contributed by atoms with Crippen LogP contribution in [0.4, 0.5) is 0 Å². The highest BCUT2D eigenvalue weighted by Crippen LogP contribution is 2.32. The normalized spacial score (nSPS) is 11.1. The molecular formula is C19H13N5OS3. The van der Waals surface area contributed by atoms with E-state index in [4.69, 9.17) is 4.52 Å². The lowest BCUT2D eigenvalue weighted by atomic mass is 10.3. The third-order valence-electron chi connectivity index (χ3n) is 3.92. The second-order valence-electron chi connectivity index (χ2n) is 5.73. The van der Waals surface area contributed by atoms with Gasteiger partial charge in [-0.15, -0.1) is 32.9 Å². The average molecular weight is 424 g/mol. The zero-order valence-corrected chi connectivity index (χ0v) is 16.9. The van der Waals surface area contributed by atoms with Gasteiger partial charge in [-0.05, 0) is 35.0 Å². The highest BCUT2D eigenvalue weighted by atomic mass is 32.2. The molecule has 0 atom stereocenters. The summed E-state index contributed by atoms with van der Waals surface area (Å²) in [4.78, 5) is 6.55. The molecule has 4 heterocycles. The number of rotatable bonds is 6. The molecule has 0 aliphatic rings. The van der Waals surface area contributed by atoms with Gasteiger partial charge in [0.05, 0.1) is 15.5 Å². The number of hydrogen-bond donors (Lipinski definition) is 0. The Bertz CT molecular complexity index is 1160. The molecular weight excluding hydrogens is 410 g/mol. The van der Waals surface area contributed by atoms with Crippen LogP contribution in [0.2, 0.25) is 0 Å². The second-order valence-corrected chi connectivity index (χ2v) is 8.57. The standard InChI is InChI=1S/C19H13N5OS3/c1-2-6-13(7-3-1)24-18(15-9-5-11-27-15)21-22-19(24)28-12-16-20-17(23-25-16)14-8-4-10-26-14/h1-11H,12H2. The van der Waals surface area contributed by atoms with Crippen LogP contribution in [-0.4, -0.2) is 24.9 Å². The van der Waals surface area contributed by atoms with Crippen LogP contribution in [0, 0.1) is 0 Å². The molecule has 0 spiro atoms. The fourth-order valence-electron chi connectivity index (χ4n) is 2.68. The Morgan fingerprint density at radius 3 is 2.43 bits per heavy atom. The van der Waals surface area contributed by atoms with Crippen molar-refractivity contribution in [3.05, 3.63) is 71.2 Å². The number of aromatic nitrogens is 5. The third kappa shape index (κ3) is 3.39. The van der Waals surface area contributed by atoms with Gasteiger partial charge in [0.2, 0.25) is 11.7 Å². The molecule has 1 aromatic carbocycles. The Labute approximate surface area is 172 Å². The highest BCUT2D eigenvalue weighted by molar-refractivity contribution is 7.98. The minimum Gasteiger partial charge on any atom is -0.338 e. The van der Waals surface area contributed by atoms with Gasteiger partial charge in [-0.25, -0.2) is 0 Å². The number of para-hydroxylation sites is 1. The van der Waals surface area contributed by atoms with Gasteiger partial charge in [0, 0.05) is 5.69 Å². The quantitative estimate of drug-likeness (QED) is 0.341. The van der Waals surface area contributed by atoms with E-state index in [2.05, 4.69) is 24.9 Å². The fraction of sp³-hybridized carbons (Fsp3) is 0.0526. The van der Waals surface area contributed by atoms with Crippen molar-refractivity contribution in [3.63, 3.8) is 0 Å². The summed E-state index contributed by atoms with van der Waals surface area (Å²) in [6.07, 6.45) is 0. The Balaban J connectivity index is 1.44. The largest absolute Gasteiger partial charge is 0.338 e. The highest BCUT2D eigenvalue weighted by Gasteiger charge is 2.18. The van der Waals surface area contributed by atoms with Crippen molar-refractivity contribution in [2.45, 2.75) is 10.9 Å². The number of hydrogen-bond acceptors (Lipinski definition) is 8. The first-order chi connectivity index (χ1) is 13.9. The molecule has 4 aromatic heterocycles. The predicted octanol–water partition coefficient (Wildman–Crippen LogP) is 5.40. The minimum atomic E-state index is 0.522. The summed E-state index contributed by atoms with van der Waals surface area (Å²) in [7, 11) is 0. The first kappa shape index (κ1) is 17.4. The molecule has 0 fully saturated rings. The van der Waals surface area contributed by atoms with Gasteiger partial charge < -0.3 is 4.52 Å². The van der Waals surface area contributed by atoms with Crippen molar-refractivity contribution in [3.8, 4) is 27.1 Å². The molecule has 0 aliphatic carbocycles. The summed E-state index contributed by atoms with van der Waals surface area (Å²) in [5, 5.41) is 17.7. The Kier molecular flexibility index (Phi) is 4.78. The van der Waals surface area contributed by atoms with Crippen molar-refractivity contribution in [2.75, 3.05) is 0 Å². The maximum Gasteiger partial charge on any atom is 0.237 e. The van der Waals surface area contributed by atoms with Gasteiger partial charge in [0.1, 0.15) is 0 Å². The van der Waals surface area contributed by atoms with Gasteiger partial charge in [-0.2, -0.15) is 4.98 Å². The van der Waals surface area contributed by atoms with Crippen molar-refractivity contribution >= 4 is 34.4 Å². The molecule has 9 heteroatoms. The lowest BCUT2D eigenvalue weighted by Crippen LogP contribution is -1.98. The average Bonchev–Trinajstić information content (AvgIpc) is 3.53. The summed E-state index contributed by atoms with van der Waals surface area (Å²) in [5.41, 5.74) is 1.02. The van der Waals surface area contributed by atoms with E-state index in [1.165, 1.54) is 11.8 Å². The molecule has 5 aromatic rings. The van der Waals surface area contributed by atoms with E-state index in [-0.39, 0.29) is 0 Å².